The van der Waals surface area contributed by atoms with Gasteiger partial charge in [-0.1, -0.05) is 11.6 Å². The first kappa shape index (κ1) is 25.6. The lowest BCUT2D eigenvalue weighted by atomic mass is 9.57. The van der Waals surface area contributed by atoms with Gasteiger partial charge in [-0.2, -0.15) is 13.2 Å². The first-order valence-electron chi connectivity index (χ1n) is 12.5. The van der Waals surface area contributed by atoms with Crippen molar-refractivity contribution in [2.75, 3.05) is 18.0 Å². The third-order valence-electron chi connectivity index (χ3n) is 8.63. The van der Waals surface area contributed by atoms with E-state index in [0.717, 1.165) is 24.4 Å². The highest BCUT2D eigenvalue weighted by Crippen LogP contribution is 2.57. The standard InChI is InChI=1S/C27H27ClF5N5/c1-15-19(29)5-7-21(23(15)30)36-13-26(14-36)9-17(10-26)24-35-34-22-12-37(25(2,3)27(31,32)33)11-16-8-18(28)4-6-20(16)38(22)24/h4-8,17H,9-14H2,1-3H3. The Labute approximate surface area is 222 Å². The predicted octanol–water partition coefficient (Wildman–Crippen LogP) is 6.55. The number of hydrogen-bond donors (Lipinski definition) is 0. The molecule has 1 saturated carbocycles. The summed E-state index contributed by atoms with van der Waals surface area (Å²) in [7, 11) is 0. The summed E-state index contributed by atoms with van der Waals surface area (Å²) in [6.07, 6.45) is -2.82. The molecule has 1 saturated heterocycles. The lowest BCUT2D eigenvalue weighted by Gasteiger charge is -2.59. The molecule has 0 atom stereocenters. The van der Waals surface area contributed by atoms with Gasteiger partial charge in [0.1, 0.15) is 17.2 Å². The normalized spacial score (nSPS) is 19.6. The Balaban J connectivity index is 1.26. The fourth-order valence-corrected chi connectivity index (χ4v) is 6.31. The van der Waals surface area contributed by atoms with Crippen molar-refractivity contribution in [2.45, 2.75) is 64.3 Å². The monoisotopic (exact) mass is 551 g/mol. The Bertz CT molecular complexity index is 1420. The van der Waals surface area contributed by atoms with Crippen LogP contribution in [0, 0.1) is 24.0 Å². The number of aromatic nitrogens is 3. The van der Waals surface area contributed by atoms with E-state index in [1.807, 2.05) is 15.5 Å². The number of halogens is 6. The molecule has 6 rings (SSSR count). The van der Waals surface area contributed by atoms with Crippen LogP contribution in [0.5, 0.6) is 0 Å². The molecule has 0 N–H and O–H groups in total. The third kappa shape index (κ3) is 3.82. The van der Waals surface area contributed by atoms with Gasteiger partial charge in [0.15, 0.2) is 11.6 Å². The first-order valence-corrected chi connectivity index (χ1v) is 12.9. The van der Waals surface area contributed by atoms with E-state index in [9.17, 15) is 22.0 Å². The van der Waals surface area contributed by atoms with E-state index in [1.165, 1.54) is 37.8 Å². The van der Waals surface area contributed by atoms with Crippen LogP contribution < -0.4 is 4.90 Å². The molecule has 0 amide bonds. The fourth-order valence-electron chi connectivity index (χ4n) is 6.12. The van der Waals surface area contributed by atoms with Crippen LogP contribution in [-0.4, -0.2) is 44.5 Å². The van der Waals surface area contributed by atoms with Gasteiger partial charge in [-0.25, -0.2) is 8.78 Å². The molecule has 5 nitrogen and oxygen atoms in total. The van der Waals surface area contributed by atoms with Crippen molar-refractivity contribution in [3.8, 4) is 5.69 Å². The highest BCUT2D eigenvalue weighted by Gasteiger charge is 2.55. The van der Waals surface area contributed by atoms with Crippen molar-refractivity contribution >= 4 is 17.3 Å². The summed E-state index contributed by atoms with van der Waals surface area (Å²) in [6.45, 7) is 5.15. The van der Waals surface area contributed by atoms with E-state index in [4.69, 9.17) is 11.6 Å². The van der Waals surface area contributed by atoms with Crippen LogP contribution in [0.3, 0.4) is 0 Å². The summed E-state index contributed by atoms with van der Waals surface area (Å²) in [4.78, 5) is 3.29. The van der Waals surface area contributed by atoms with Crippen LogP contribution in [0.2, 0.25) is 5.02 Å². The number of rotatable bonds is 3. The van der Waals surface area contributed by atoms with Crippen LogP contribution in [0.4, 0.5) is 27.6 Å². The van der Waals surface area contributed by atoms with Gasteiger partial charge in [0.25, 0.3) is 0 Å². The summed E-state index contributed by atoms with van der Waals surface area (Å²) in [5.74, 6) is 0.169. The topological polar surface area (TPSA) is 37.2 Å². The number of hydrogen-bond acceptors (Lipinski definition) is 4. The maximum atomic E-state index is 14.6. The zero-order chi connectivity index (χ0) is 27.2. The average Bonchev–Trinajstić information content (AvgIpc) is 3.11. The molecule has 0 radical (unpaired) electrons. The molecular weight excluding hydrogens is 525 g/mol. The number of alkyl halides is 3. The lowest BCUT2D eigenvalue weighted by Crippen LogP contribution is -2.62. The molecule has 3 heterocycles. The molecular formula is C27H27ClF5N5. The predicted molar refractivity (Wildman–Crippen MR) is 133 cm³/mol. The Kier molecular flexibility index (Phi) is 5.64. The van der Waals surface area contributed by atoms with Crippen molar-refractivity contribution in [1.29, 1.82) is 0 Å². The molecule has 1 aromatic heterocycles. The molecule has 1 spiro atoms. The van der Waals surface area contributed by atoms with Gasteiger partial charge in [-0.3, -0.25) is 9.47 Å². The van der Waals surface area contributed by atoms with Crippen molar-refractivity contribution in [2.24, 2.45) is 5.41 Å². The van der Waals surface area contributed by atoms with E-state index in [1.54, 1.807) is 12.1 Å². The van der Waals surface area contributed by atoms with Crippen LogP contribution in [0.25, 0.3) is 5.69 Å². The van der Waals surface area contributed by atoms with Crippen molar-refractivity contribution in [3.05, 3.63) is 69.8 Å². The van der Waals surface area contributed by atoms with Crippen molar-refractivity contribution in [1.82, 2.24) is 19.7 Å². The van der Waals surface area contributed by atoms with Gasteiger partial charge < -0.3 is 4.90 Å². The van der Waals surface area contributed by atoms with Crippen LogP contribution in [0.15, 0.2) is 30.3 Å². The molecule has 202 valence electrons. The summed E-state index contributed by atoms with van der Waals surface area (Å²) in [5.41, 5.74) is -0.234. The van der Waals surface area contributed by atoms with E-state index in [-0.39, 0.29) is 30.0 Å². The van der Waals surface area contributed by atoms with Crippen LogP contribution in [-0.2, 0) is 13.1 Å². The van der Waals surface area contributed by atoms with Gasteiger partial charge >= 0.3 is 6.18 Å². The summed E-state index contributed by atoms with van der Waals surface area (Å²) >= 11 is 6.25. The average molecular weight is 552 g/mol. The lowest BCUT2D eigenvalue weighted by molar-refractivity contribution is -0.224. The van der Waals surface area contributed by atoms with E-state index < -0.39 is 23.3 Å². The van der Waals surface area contributed by atoms with Gasteiger partial charge in [0.2, 0.25) is 0 Å². The Morgan fingerprint density at radius 1 is 0.974 bits per heavy atom. The SMILES string of the molecule is Cc1c(F)ccc(N2CC3(CC(c4nnc5n4-c4ccc(Cl)cc4CN(C(C)(C)C(F)(F)F)C5)C3)C2)c1F. The maximum absolute atomic E-state index is 14.6. The third-order valence-corrected chi connectivity index (χ3v) is 8.87. The smallest absolute Gasteiger partial charge is 0.368 e. The first-order chi connectivity index (χ1) is 17.8. The van der Waals surface area contributed by atoms with Gasteiger partial charge in [-0.05, 0) is 69.5 Å². The minimum absolute atomic E-state index is 0.00363. The number of benzene rings is 2. The molecule has 3 aromatic rings. The molecule has 3 aliphatic rings. The van der Waals surface area contributed by atoms with Gasteiger partial charge in [0, 0.05) is 41.6 Å². The zero-order valence-electron chi connectivity index (χ0n) is 21.2. The van der Waals surface area contributed by atoms with Crippen LogP contribution >= 0.6 is 11.6 Å². The molecule has 2 aromatic carbocycles. The number of anilines is 1. The minimum atomic E-state index is -4.44. The van der Waals surface area contributed by atoms with E-state index in [0.29, 0.717) is 35.2 Å². The molecule has 1 aliphatic carbocycles. The number of fused-ring (bicyclic) bond motifs is 3. The van der Waals surface area contributed by atoms with Crippen LogP contribution in [0.1, 0.15) is 55.4 Å². The Morgan fingerprint density at radius 3 is 2.34 bits per heavy atom. The summed E-state index contributed by atoms with van der Waals surface area (Å²) in [6, 6.07) is 8.03. The van der Waals surface area contributed by atoms with Crippen molar-refractivity contribution < 1.29 is 22.0 Å². The summed E-state index contributed by atoms with van der Waals surface area (Å²) < 4.78 is 72.1. The van der Waals surface area contributed by atoms with Crippen molar-refractivity contribution in [3.63, 3.8) is 0 Å². The molecule has 38 heavy (non-hydrogen) atoms. The fraction of sp³-hybridized carbons (Fsp3) is 0.481. The second-order valence-electron chi connectivity index (χ2n) is 11.5. The second-order valence-corrected chi connectivity index (χ2v) is 11.9. The quantitative estimate of drug-likeness (QED) is 0.346. The molecule has 2 fully saturated rings. The zero-order valence-corrected chi connectivity index (χ0v) is 22.0. The maximum Gasteiger partial charge on any atom is 0.406 e. The van der Waals surface area contributed by atoms with E-state index in [2.05, 4.69) is 10.2 Å². The van der Waals surface area contributed by atoms with Gasteiger partial charge in [0.05, 0.1) is 17.9 Å². The molecule has 2 aliphatic heterocycles. The Hall–Kier alpha value is -2.72. The largest absolute Gasteiger partial charge is 0.406 e. The molecule has 0 unspecified atom stereocenters. The highest BCUT2D eigenvalue weighted by molar-refractivity contribution is 6.30. The molecule has 11 heteroatoms. The van der Waals surface area contributed by atoms with E-state index >= 15 is 0 Å². The highest BCUT2D eigenvalue weighted by atomic mass is 35.5. The molecule has 0 bridgehead atoms. The Morgan fingerprint density at radius 2 is 1.66 bits per heavy atom. The minimum Gasteiger partial charge on any atom is -0.368 e. The van der Waals surface area contributed by atoms with Gasteiger partial charge in [-0.15, -0.1) is 10.2 Å². The number of nitrogens with zero attached hydrogens (tertiary/aromatic N) is 5. The summed E-state index contributed by atoms with van der Waals surface area (Å²) in [5, 5.41) is 9.25. The second kappa shape index (κ2) is 8.39.